The molecule has 1 amide bonds. The predicted molar refractivity (Wildman–Crippen MR) is 157 cm³/mol. The van der Waals surface area contributed by atoms with E-state index < -0.39 is 17.7 Å². The average Bonchev–Trinajstić information content (AvgIpc) is 3.22. The van der Waals surface area contributed by atoms with Gasteiger partial charge in [-0.3, -0.25) is 9.59 Å². The molecule has 0 radical (unpaired) electrons. The van der Waals surface area contributed by atoms with Crippen LogP contribution in [0, 0.1) is 6.92 Å². The summed E-state index contributed by atoms with van der Waals surface area (Å²) < 4.78 is 11.7. The van der Waals surface area contributed by atoms with Gasteiger partial charge in [0.2, 0.25) is 0 Å². The predicted octanol–water partition coefficient (Wildman–Crippen LogP) is 6.12. The lowest BCUT2D eigenvalue weighted by Gasteiger charge is -2.28. The summed E-state index contributed by atoms with van der Waals surface area (Å²) in [6, 6.07) is 21.2. The molecule has 40 heavy (non-hydrogen) atoms. The van der Waals surface area contributed by atoms with E-state index in [0.717, 1.165) is 13.1 Å². The van der Waals surface area contributed by atoms with E-state index in [1.807, 2.05) is 61.5 Å². The van der Waals surface area contributed by atoms with Crippen LogP contribution >= 0.6 is 0 Å². The molecule has 0 bridgehead atoms. The highest BCUT2D eigenvalue weighted by molar-refractivity contribution is 6.46. The van der Waals surface area contributed by atoms with Crippen molar-refractivity contribution in [3.63, 3.8) is 0 Å². The van der Waals surface area contributed by atoms with Crippen LogP contribution in [-0.2, 0) is 9.59 Å². The molecule has 0 saturated carbocycles. The van der Waals surface area contributed by atoms with E-state index in [-0.39, 0.29) is 11.3 Å². The summed E-state index contributed by atoms with van der Waals surface area (Å²) in [7, 11) is 0. The van der Waals surface area contributed by atoms with Gasteiger partial charge in [0.15, 0.2) is 0 Å². The number of likely N-dealkylation sites (N-methyl/N-ethyl adjacent to an activating group) is 1. The fourth-order valence-electron chi connectivity index (χ4n) is 4.91. The molecule has 3 aromatic rings. The van der Waals surface area contributed by atoms with Gasteiger partial charge in [0.1, 0.15) is 29.6 Å². The van der Waals surface area contributed by atoms with Crippen molar-refractivity contribution in [3.8, 4) is 17.2 Å². The van der Waals surface area contributed by atoms with Crippen LogP contribution in [0.25, 0.3) is 5.76 Å². The zero-order chi connectivity index (χ0) is 28.6. The second-order valence-corrected chi connectivity index (χ2v) is 9.58. The fraction of sp³-hybridized carbons (Fsp3) is 0.273. The third-order valence-corrected chi connectivity index (χ3v) is 7.07. The van der Waals surface area contributed by atoms with Gasteiger partial charge in [0, 0.05) is 18.7 Å². The molecular weight excluding hydrogens is 504 g/mol. The van der Waals surface area contributed by atoms with E-state index in [1.165, 1.54) is 0 Å². The molecule has 0 aliphatic carbocycles. The van der Waals surface area contributed by atoms with E-state index >= 15 is 0 Å². The van der Waals surface area contributed by atoms with Gasteiger partial charge >= 0.3 is 0 Å². The normalized spacial score (nSPS) is 16.4. The topological polar surface area (TPSA) is 79.3 Å². The minimum Gasteiger partial charge on any atom is -0.507 e. The van der Waals surface area contributed by atoms with Crippen molar-refractivity contribution in [2.75, 3.05) is 32.8 Å². The summed E-state index contributed by atoms with van der Waals surface area (Å²) in [4.78, 5) is 30.7. The Morgan fingerprint density at radius 1 is 0.975 bits per heavy atom. The Morgan fingerprint density at radius 2 is 1.70 bits per heavy atom. The van der Waals surface area contributed by atoms with Crippen LogP contribution in [0.15, 0.2) is 91.0 Å². The largest absolute Gasteiger partial charge is 0.507 e. The standard InChI is InChI=1S/C33H36N2O5/c1-5-20-39-26-16-17-28(23(4)21-26)31(36)29-30(35(33(38)32(29)37)19-18-34(6-2)7-3)24-12-11-15-27(22-24)40-25-13-9-8-10-14-25/h5,8-17,21-22,30,36H,1,6-7,18-20H2,2-4H3/t30-/m0/s1. The minimum atomic E-state index is -0.772. The van der Waals surface area contributed by atoms with Crippen LogP contribution in [-0.4, -0.2) is 59.4 Å². The Bertz CT molecular complexity index is 1390. The van der Waals surface area contributed by atoms with Gasteiger partial charge < -0.3 is 24.4 Å². The molecule has 0 spiro atoms. The van der Waals surface area contributed by atoms with E-state index in [2.05, 4.69) is 25.3 Å². The number of para-hydroxylation sites is 1. The number of hydrogen-bond donors (Lipinski definition) is 1. The number of aliphatic hydroxyl groups is 1. The molecule has 7 heteroatoms. The molecule has 3 aromatic carbocycles. The minimum absolute atomic E-state index is 0.0595. The van der Waals surface area contributed by atoms with Crippen LogP contribution in [0.3, 0.4) is 0 Å². The molecule has 1 heterocycles. The molecule has 1 aliphatic rings. The fourth-order valence-corrected chi connectivity index (χ4v) is 4.91. The molecular formula is C33H36N2O5. The number of ketones is 1. The Balaban J connectivity index is 1.78. The Hall–Kier alpha value is -4.36. The molecule has 0 aromatic heterocycles. The number of likely N-dealkylation sites (tertiary alicyclic amines) is 1. The second kappa shape index (κ2) is 13.1. The molecule has 1 saturated heterocycles. The van der Waals surface area contributed by atoms with Gasteiger partial charge in [0.05, 0.1) is 11.6 Å². The number of amides is 1. The lowest BCUT2D eigenvalue weighted by molar-refractivity contribution is -0.140. The van der Waals surface area contributed by atoms with Crippen LogP contribution in [0.5, 0.6) is 17.2 Å². The smallest absolute Gasteiger partial charge is 0.295 e. The maximum Gasteiger partial charge on any atom is 0.295 e. The zero-order valence-corrected chi connectivity index (χ0v) is 23.3. The Labute approximate surface area is 235 Å². The van der Waals surface area contributed by atoms with E-state index in [4.69, 9.17) is 9.47 Å². The number of aliphatic hydroxyl groups excluding tert-OH is 1. The van der Waals surface area contributed by atoms with Crippen LogP contribution in [0.4, 0.5) is 0 Å². The Morgan fingerprint density at radius 3 is 2.38 bits per heavy atom. The average molecular weight is 541 g/mol. The third-order valence-electron chi connectivity index (χ3n) is 7.07. The monoisotopic (exact) mass is 540 g/mol. The quantitative estimate of drug-likeness (QED) is 0.129. The van der Waals surface area contributed by atoms with Gasteiger partial charge in [-0.15, -0.1) is 0 Å². The second-order valence-electron chi connectivity index (χ2n) is 9.58. The Kier molecular flexibility index (Phi) is 9.40. The van der Waals surface area contributed by atoms with Crippen LogP contribution in [0.2, 0.25) is 0 Å². The highest BCUT2D eigenvalue weighted by atomic mass is 16.5. The first-order valence-electron chi connectivity index (χ1n) is 13.6. The van der Waals surface area contributed by atoms with E-state index in [9.17, 15) is 14.7 Å². The number of aryl methyl sites for hydroxylation is 1. The number of carbonyl (C=O) groups excluding carboxylic acids is 2. The van der Waals surface area contributed by atoms with Crippen molar-refractivity contribution in [1.29, 1.82) is 0 Å². The number of ether oxygens (including phenoxy) is 2. The maximum absolute atomic E-state index is 13.5. The number of hydrogen-bond acceptors (Lipinski definition) is 6. The number of benzene rings is 3. The summed E-state index contributed by atoms with van der Waals surface area (Å²) in [5.74, 6) is 0.314. The van der Waals surface area contributed by atoms with E-state index in [0.29, 0.717) is 53.6 Å². The molecule has 7 nitrogen and oxygen atoms in total. The first-order valence-corrected chi connectivity index (χ1v) is 13.6. The molecule has 1 aliphatic heterocycles. The van der Waals surface area contributed by atoms with Gasteiger partial charge in [-0.05, 0) is 73.6 Å². The van der Waals surface area contributed by atoms with Crippen molar-refractivity contribution in [1.82, 2.24) is 9.80 Å². The number of carbonyl (C=O) groups is 2. The van der Waals surface area contributed by atoms with Crippen molar-refractivity contribution in [3.05, 3.63) is 108 Å². The molecule has 1 fully saturated rings. The first-order chi connectivity index (χ1) is 19.4. The highest BCUT2D eigenvalue weighted by Crippen LogP contribution is 2.41. The van der Waals surface area contributed by atoms with Crippen LogP contribution < -0.4 is 9.47 Å². The van der Waals surface area contributed by atoms with Gasteiger partial charge in [0.25, 0.3) is 11.7 Å². The van der Waals surface area contributed by atoms with Crippen LogP contribution in [0.1, 0.15) is 36.6 Å². The summed E-state index contributed by atoms with van der Waals surface area (Å²) in [6.07, 6.45) is 1.65. The lowest BCUT2D eigenvalue weighted by Crippen LogP contribution is -2.38. The van der Waals surface area contributed by atoms with Gasteiger partial charge in [-0.2, -0.15) is 0 Å². The molecule has 208 valence electrons. The van der Waals surface area contributed by atoms with Crippen molar-refractivity contribution >= 4 is 17.4 Å². The number of Topliss-reactive ketones (excluding diaryl/α,β-unsaturated/α-hetero) is 1. The summed E-state index contributed by atoms with van der Waals surface area (Å²) >= 11 is 0. The van der Waals surface area contributed by atoms with Crippen molar-refractivity contribution < 1.29 is 24.2 Å². The lowest BCUT2D eigenvalue weighted by atomic mass is 9.93. The first kappa shape index (κ1) is 28.6. The SMILES string of the molecule is C=CCOc1ccc(C(O)=C2C(=O)C(=O)N(CCN(CC)CC)[C@H]2c2cccc(Oc3ccccc3)c2)c(C)c1. The molecule has 0 unspecified atom stereocenters. The van der Waals surface area contributed by atoms with Crippen molar-refractivity contribution in [2.45, 2.75) is 26.8 Å². The zero-order valence-electron chi connectivity index (χ0n) is 23.3. The number of rotatable bonds is 12. The number of nitrogens with zero attached hydrogens (tertiary/aromatic N) is 2. The summed E-state index contributed by atoms with van der Waals surface area (Å²) in [5.41, 5.74) is 1.92. The van der Waals surface area contributed by atoms with Gasteiger partial charge in [-0.25, -0.2) is 0 Å². The molecule has 1 N–H and O–H groups in total. The highest BCUT2D eigenvalue weighted by Gasteiger charge is 2.46. The van der Waals surface area contributed by atoms with Gasteiger partial charge in [-0.1, -0.05) is 56.8 Å². The van der Waals surface area contributed by atoms with Crippen molar-refractivity contribution in [2.24, 2.45) is 0 Å². The summed E-state index contributed by atoms with van der Waals surface area (Å²) in [5, 5.41) is 11.6. The molecule has 4 rings (SSSR count). The summed E-state index contributed by atoms with van der Waals surface area (Å²) in [6.45, 7) is 12.6. The van der Waals surface area contributed by atoms with E-state index in [1.54, 1.807) is 29.2 Å². The maximum atomic E-state index is 13.5. The third kappa shape index (κ3) is 6.26. The molecule has 1 atom stereocenters.